The molecule has 0 aromatic carbocycles. The third-order valence-electron chi connectivity index (χ3n) is 2.38. The fourth-order valence-corrected chi connectivity index (χ4v) is 2.54. The highest BCUT2D eigenvalue weighted by molar-refractivity contribution is 7.17. The molecule has 0 amide bonds. The molecular weight excluding hydrogens is 236 g/mol. The van der Waals surface area contributed by atoms with Crippen molar-refractivity contribution in [2.24, 2.45) is 0 Å². The molecule has 2 aromatic rings. The number of aryl methyl sites for hydroxylation is 2. The molecule has 0 unspecified atom stereocenters. The van der Waals surface area contributed by atoms with E-state index in [9.17, 15) is 4.79 Å². The van der Waals surface area contributed by atoms with Crippen molar-refractivity contribution in [1.29, 1.82) is 0 Å². The number of esters is 1. The highest BCUT2D eigenvalue weighted by Crippen LogP contribution is 2.28. The van der Waals surface area contributed by atoms with Gasteiger partial charge in [-0.05, 0) is 25.5 Å². The van der Waals surface area contributed by atoms with Gasteiger partial charge in [-0.1, -0.05) is 6.07 Å². The Kier molecular flexibility index (Phi) is 3.19. The predicted octanol–water partition coefficient (Wildman–Crippen LogP) is 2.61. The van der Waals surface area contributed by atoms with Gasteiger partial charge in [-0.3, -0.25) is 4.98 Å². The molecule has 0 atom stereocenters. The lowest BCUT2D eigenvalue weighted by atomic mass is 10.2. The summed E-state index contributed by atoms with van der Waals surface area (Å²) in [5.41, 5.74) is 2.54. The average molecular weight is 248 g/mol. The number of hydrogen-bond acceptors (Lipinski definition) is 5. The molecule has 0 spiro atoms. The molecule has 2 aromatic heterocycles. The van der Waals surface area contributed by atoms with Crippen LogP contribution in [0.2, 0.25) is 0 Å². The van der Waals surface area contributed by atoms with Crippen LogP contribution in [0.5, 0.6) is 0 Å². The van der Waals surface area contributed by atoms with Gasteiger partial charge in [-0.2, -0.15) is 0 Å². The Morgan fingerprint density at radius 2 is 2.18 bits per heavy atom. The van der Waals surface area contributed by atoms with Crippen molar-refractivity contribution in [3.05, 3.63) is 34.5 Å². The van der Waals surface area contributed by atoms with Crippen LogP contribution in [-0.4, -0.2) is 23.0 Å². The third-order valence-corrected chi connectivity index (χ3v) is 3.52. The second-order valence-corrected chi connectivity index (χ2v) is 4.59. The van der Waals surface area contributed by atoms with Crippen LogP contribution in [0, 0.1) is 13.8 Å². The van der Waals surface area contributed by atoms with Crippen LogP contribution in [-0.2, 0) is 4.74 Å². The second kappa shape index (κ2) is 4.63. The van der Waals surface area contributed by atoms with E-state index in [4.69, 9.17) is 4.74 Å². The average Bonchev–Trinajstić information content (AvgIpc) is 2.71. The zero-order valence-electron chi connectivity index (χ0n) is 9.85. The van der Waals surface area contributed by atoms with Crippen LogP contribution < -0.4 is 0 Å². The zero-order chi connectivity index (χ0) is 12.4. The minimum atomic E-state index is -0.347. The fraction of sp³-hybridized carbons (Fsp3) is 0.250. The van der Waals surface area contributed by atoms with Gasteiger partial charge < -0.3 is 4.74 Å². The van der Waals surface area contributed by atoms with Gasteiger partial charge in [0.2, 0.25) is 0 Å². The number of aromatic nitrogens is 2. The number of carbonyl (C=O) groups excluding carboxylic acids is 1. The summed E-state index contributed by atoms with van der Waals surface area (Å²) >= 11 is 1.31. The lowest BCUT2D eigenvalue weighted by Crippen LogP contribution is -1.99. The molecule has 0 N–H and O–H groups in total. The Hall–Kier alpha value is -1.75. The van der Waals surface area contributed by atoms with Crippen LogP contribution in [0.4, 0.5) is 0 Å². The third kappa shape index (κ3) is 2.19. The molecule has 17 heavy (non-hydrogen) atoms. The molecule has 2 rings (SSSR count). The van der Waals surface area contributed by atoms with Gasteiger partial charge in [0.15, 0.2) is 0 Å². The van der Waals surface area contributed by atoms with Crippen LogP contribution in [0.1, 0.15) is 20.9 Å². The molecule has 88 valence electrons. The first-order valence-corrected chi connectivity index (χ1v) is 5.93. The molecule has 4 nitrogen and oxygen atoms in total. The van der Waals surface area contributed by atoms with Crippen molar-refractivity contribution >= 4 is 17.3 Å². The number of methoxy groups -OCH3 is 1. The molecule has 0 fully saturated rings. The normalized spacial score (nSPS) is 10.3. The molecule has 0 saturated carbocycles. The number of ether oxygens (including phenoxy) is 1. The highest BCUT2D eigenvalue weighted by Gasteiger charge is 2.17. The number of thiazole rings is 1. The fourth-order valence-electron chi connectivity index (χ4n) is 1.49. The van der Waals surface area contributed by atoms with E-state index in [0.717, 1.165) is 16.3 Å². The summed E-state index contributed by atoms with van der Waals surface area (Å²) in [4.78, 5) is 20.7. The van der Waals surface area contributed by atoms with Crippen LogP contribution in [0.3, 0.4) is 0 Å². The van der Waals surface area contributed by atoms with Gasteiger partial charge in [0, 0.05) is 6.20 Å². The van der Waals surface area contributed by atoms with E-state index in [2.05, 4.69) is 9.97 Å². The second-order valence-electron chi connectivity index (χ2n) is 3.59. The number of carbonyl (C=O) groups is 1. The van der Waals surface area contributed by atoms with Crippen LogP contribution >= 0.6 is 11.3 Å². The van der Waals surface area contributed by atoms with E-state index in [1.54, 1.807) is 13.1 Å². The number of rotatable bonds is 2. The van der Waals surface area contributed by atoms with Crippen molar-refractivity contribution in [2.45, 2.75) is 13.8 Å². The molecule has 0 saturated heterocycles. The lowest BCUT2D eigenvalue weighted by molar-refractivity contribution is 0.0605. The molecule has 5 heteroatoms. The molecule has 0 aliphatic heterocycles. The van der Waals surface area contributed by atoms with Crippen LogP contribution in [0.15, 0.2) is 18.3 Å². The Bertz CT molecular complexity index is 563. The molecule has 0 aliphatic rings. The van der Waals surface area contributed by atoms with Gasteiger partial charge in [0.05, 0.1) is 12.8 Å². The monoisotopic (exact) mass is 248 g/mol. The maximum absolute atomic E-state index is 11.5. The maximum Gasteiger partial charge on any atom is 0.349 e. The largest absolute Gasteiger partial charge is 0.465 e. The number of hydrogen-bond donors (Lipinski definition) is 0. The van der Waals surface area contributed by atoms with Gasteiger partial charge >= 0.3 is 5.97 Å². The van der Waals surface area contributed by atoms with Crippen molar-refractivity contribution in [3.63, 3.8) is 0 Å². The quantitative estimate of drug-likeness (QED) is 0.766. The van der Waals surface area contributed by atoms with E-state index >= 15 is 0 Å². The van der Waals surface area contributed by atoms with Gasteiger partial charge in [0.1, 0.15) is 15.6 Å². The van der Waals surface area contributed by atoms with Crippen molar-refractivity contribution in [2.75, 3.05) is 7.11 Å². The predicted molar refractivity (Wildman–Crippen MR) is 66.2 cm³/mol. The SMILES string of the molecule is COC(=O)c1sc(-c2ncccc2C)nc1C. The van der Waals surface area contributed by atoms with Crippen molar-refractivity contribution in [3.8, 4) is 10.7 Å². The van der Waals surface area contributed by atoms with E-state index in [1.165, 1.54) is 18.4 Å². The first kappa shape index (κ1) is 11.7. The summed E-state index contributed by atoms with van der Waals surface area (Å²) in [6.45, 7) is 3.77. The minimum absolute atomic E-state index is 0.347. The summed E-state index contributed by atoms with van der Waals surface area (Å²) in [5.74, 6) is -0.347. The summed E-state index contributed by atoms with van der Waals surface area (Å²) in [7, 11) is 1.37. The summed E-state index contributed by atoms with van der Waals surface area (Å²) in [6, 6.07) is 3.84. The Morgan fingerprint density at radius 3 is 2.82 bits per heavy atom. The van der Waals surface area contributed by atoms with E-state index < -0.39 is 0 Å². The molecule has 0 aliphatic carbocycles. The summed E-state index contributed by atoms with van der Waals surface area (Å²) in [6.07, 6.45) is 1.72. The maximum atomic E-state index is 11.5. The summed E-state index contributed by atoms with van der Waals surface area (Å²) in [5, 5.41) is 0.751. The van der Waals surface area contributed by atoms with Crippen LogP contribution in [0.25, 0.3) is 10.7 Å². The first-order chi connectivity index (χ1) is 8.13. The topological polar surface area (TPSA) is 52.1 Å². The van der Waals surface area contributed by atoms with Gasteiger partial charge in [0.25, 0.3) is 0 Å². The summed E-state index contributed by atoms with van der Waals surface area (Å²) < 4.78 is 4.71. The lowest BCUT2D eigenvalue weighted by Gasteiger charge is -1.98. The van der Waals surface area contributed by atoms with E-state index in [-0.39, 0.29) is 5.97 Å². The Labute approximate surface area is 103 Å². The smallest absolute Gasteiger partial charge is 0.349 e. The molecular formula is C12H12N2O2S. The minimum Gasteiger partial charge on any atom is -0.465 e. The van der Waals surface area contributed by atoms with E-state index in [1.807, 2.05) is 19.1 Å². The van der Waals surface area contributed by atoms with Crippen molar-refractivity contribution in [1.82, 2.24) is 9.97 Å². The molecule has 2 heterocycles. The Balaban J connectivity index is 2.49. The first-order valence-electron chi connectivity index (χ1n) is 5.11. The Morgan fingerprint density at radius 1 is 1.41 bits per heavy atom. The van der Waals surface area contributed by atoms with Gasteiger partial charge in [-0.15, -0.1) is 11.3 Å². The van der Waals surface area contributed by atoms with E-state index in [0.29, 0.717) is 10.6 Å². The standard InChI is InChI=1S/C12H12N2O2S/c1-7-5-4-6-13-9(7)11-14-8(2)10(17-11)12(15)16-3/h4-6H,1-3H3. The number of nitrogens with zero attached hydrogens (tertiary/aromatic N) is 2. The molecule has 0 radical (unpaired) electrons. The van der Waals surface area contributed by atoms with Gasteiger partial charge in [-0.25, -0.2) is 9.78 Å². The number of pyridine rings is 1. The zero-order valence-corrected chi connectivity index (χ0v) is 10.7. The molecule has 0 bridgehead atoms. The highest BCUT2D eigenvalue weighted by atomic mass is 32.1. The van der Waals surface area contributed by atoms with Crippen molar-refractivity contribution < 1.29 is 9.53 Å².